The van der Waals surface area contributed by atoms with Crippen LogP contribution < -0.4 is 5.32 Å². The maximum atomic E-state index is 12.3. The minimum absolute atomic E-state index is 0.100. The Morgan fingerprint density at radius 3 is 2.38 bits per heavy atom. The van der Waals surface area contributed by atoms with E-state index >= 15 is 0 Å². The molecule has 0 radical (unpaired) electrons. The van der Waals surface area contributed by atoms with E-state index in [0.717, 1.165) is 35.7 Å². The van der Waals surface area contributed by atoms with Gasteiger partial charge in [-0.1, -0.05) is 34.5 Å². The quantitative estimate of drug-likeness (QED) is 0.705. The molecule has 1 amide bonds. The molecule has 0 heterocycles. The molecule has 1 aromatic carbocycles. The van der Waals surface area contributed by atoms with Crippen molar-refractivity contribution in [2.24, 2.45) is 0 Å². The molecule has 4 nitrogen and oxygen atoms in total. The second-order valence-corrected chi connectivity index (χ2v) is 6.46. The number of carboxylic acid groups (broad SMARTS) is 1. The predicted octanol–water partition coefficient (Wildman–Crippen LogP) is 3.24. The van der Waals surface area contributed by atoms with Crippen molar-refractivity contribution in [3.63, 3.8) is 0 Å². The van der Waals surface area contributed by atoms with Crippen LogP contribution in [0.25, 0.3) is 0 Å². The fraction of sp³-hybridized carbons (Fsp3) is 0.500. The Labute approximate surface area is 133 Å². The SMILES string of the molecule is O=C(O)CCCCCNC(=O)C1(c2ccc(Br)cc2)CC1. The van der Waals surface area contributed by atoms with Crippen LogP contribution in [0.3, 0.4) is 0 Å². The molecule has 1 aliphatic carbocycles. The third kappa shape index (κ3) is 4.30. The standard InChI is InChI=1S/C16H20BrNO3/c17-13-7-5-12(6-8-13)16(9-10-16)15(21)18-11-3-1-2-4-14(19)20/h5-8H,1-4,9-11H2,(H,18,21)(H,19,20). The molecule has 1 saturated carbocycles. The van der Waals surface area contributed by atoms with Gasteiger partial charge in [0, 0.05) is 17.4 Å². The molecule has 1 aromatic rings. The third-order valence-corrected chi connectivity index (χ3v) is 4.46. The summed E-state index contributed by atoms with van der Waals surface area (Å²) in [4.78, 5) is 22.7. The number of halogens is 1. The van der Waals surface area contributed by atoms with Crippen molar-refractivity contribution in [3.8, 4) is 0 Å². The van der Waals surface area contributed by atoms with Gasteiger partial charge in [0.15, 0.2) is 0 Å². The number of hydrogen-bond donors (Lipinski definition) is 2. The minimum atomic E-state index is -0.758. The van der Waals surface area contributed by atoms with Gasteiger partial charge < -0.3 is 10.4 Å². The molecule has 2 N–H and O–H groups in total. The smallest absolute Gasteiger partial charge is 0.303 e. The number of carboxylic acids is 1. The van der Waals surface area contributed by atoms with E-state index in [1.807, 2.05) is 24.3 Å². The van der Waals surface area contributed by atoms with Crippen molar-refractivity contribution in [2.45, 2.75) is 43.9 Å². The predicted molar refractivity (Wildman–Crippen MR) is 84.2 cm³/mol. The summed E-state index contributed by atoms with van der Waals surface area (Å²) < 4.78 is 1.01. The van der Waals surface area contributed by atoms with Gasteiger partial charge in [0.25, 0.3) is 0 Å². The summed E-state index contributed by atoms with van der Waals surface area (Å²) >= 11 is 3.40. The first kappa shape index (κ1) is 16.0. The van der Waals surface area contributed by atoms with E-state index in [1.165, 1.54) is 0 Å². The Balaban J connectivity index is 1.75. The van der Waals surface area contributed by atoms with Crippen molar-refractivity contribution in [1.82, 2.24) is 5.32 Å². The number of rotatable bonds is 8. The molecule has 5 heteroatoms. The van der Waals surface area contributed by atoms with Crippen molar-refractivity contribution < 1.29 is 14.7 Å². The molecule has 114 valence electrons. The first-order valence-electron chi connectivity index (χ1n) is 7.31. The number of hydrogen-bond acceptors (Lipinski definition) is 2. The zero-order valence-corrected chi connectivity index (χ0v) is 13.5. The second kappa shape index (κ2) is 7.07. The number of carbonyl (C=O) groups excluding carboxylic acids is 1. The molecule has 1 aliphatic rings. The molecule has 0 spiro atoms. The molecule has 21 heavy (non-hydrogen) atoms. The molecular formula is C16H20BrNO3. The fourth-order valence-electron chi connectivity index (χ4n) is 2.49. The fourth-order valence-corrected chi connectivity index (χ4v) is 2.75. The van der Waals surface area contributed by atoms with E-state index < -0.39 is 5.97 Å². The number of benzene rings is 1. The second-order valence-electron chi connectivity index (χ2n) is 5.55. The lowest BCUT2D eigenvalue weighted by atomic mass is 9.95. The molecule has 0 aliphatic heterocycles. The average molecular weight is 354 g/mol. The van der Waals surface area contributed by atoms with Gasteiger partial charge in [-0.3, -0.25) is 9.59 Å². The van der Waals surface area contributed by atoms with E-state index in [0.29, 0.717) is 13.0 Å². The van der Waals surface area contributed by atoms with Gasteiger partial charge in [0.05, 0.1) is 5.41 Å². The molecule has 1 fully saturated rings. The van der Waals surface area contributed by atoms with Crippen LogP contribution in [-0.4, -0.2) is 23.5 Å². The Bertz CT molecular complexity index is 509. The van der Waals surface area contributed by atoms with Crippen LogP contribution in [0.15, 0.2) is 28.7 Å². The first-order chi connectivity index (χ1) is 10.0. The maximum absolute atomic E-state index is 12.3. The summed E-state index contributed by atoms with van der Waals surface area (Å²) in [5.74, 6) is -0.658. The number of unbranched alkanes of at least 4 members (excludes halogenated alkanes) is 2. The summed E-state index contributed by atoms with van der Waals surface area (Å²) in [6, 6.07) is 7.94. The van der Waals surface area contributed by atoms with Gasteiger partial charge in [-0.2, -0.15) is 0 Å². The van der Waals surface area contributed by atoms with Crippen LogP contribution in [-0.2, 0) is 15.0 Å². The lowest BCUT2D eigenvalue weighted by molar-refractivity contribution is -0.137. The highest BCUT2D eigenvalue weighted by Crippen LogP contribution is 2.48. The molecule has 0 atom stereocenters. The Kier molecular flexibility index (Phi) is 5.39. The van der Waals surface area contributed by atoms with Gasteiger partial charge in [-0.15, -0.1) is 0 Å². The summed E-state index contributed by atoms with van der Waals surface area (Å²) in [6.07, 6.45) is 4.34. The molecular weight excluding hydrogens is 334 g/mol. The van der Waals surface area contributed by atoms with Gasteiger partial charge in [0.2, 0.25) is 5.91 Å². The topological polar surface area (TPSA) is 66.4 Å². The van der Waals surface area contributed by atoms with E-state index in [-0.39, 0.29) is 17.7 Å². The van der Waals surface area contributed by atoms with Crippen LogP contribution in [0.2, 0.25) is 0 Å². The normalized spacial score (nSPS) is 15.5. The van der Waals surface area contributed by atoms with Crippen molar-refractivity contribution in [1.29, 1.82) is 0 Å². The Hall–Kier alpha value is -1.36. The van der Waals surface area contributed by atoms with Crippen LogP contribution in [0, 0.1) is 0 Å². The van der Waals surface area contributed by atoms with Crippen molar-refractivity contribution >= 4 is 27.8 Å². The van der Waals surface area contributed by atoms with E-state index in [9.17, 15) is 9.59 Å². The van der Waals surface area contributed by atoms with E-state index in [1.54, 1.807) is 0 Å². The molecule has 0 saturated heterocycles. The van der Waals surface area contributed by atoms with Gasteiger partial charge >= 0.3 is 5.97 Å². The van der Waals surface area contributed by atoms with E-state index in [2.05, 4.69) is 21.2 Å². The molecule has 0 bridgehead atoms. The highest BCUT2D eigenvalue weighted by Gasteiger charge is 2.50. The Morgan fingerprint density at radius 1 is 1.14 bits per heavy atom. The average Bonchev–Trinajstić information content (AvgIpc) is 3.24. The van der Waals surface area contributed by atoms with Crippen LogP contribution in [0.1, 0.15) is 44.1 Å². The van der Waals surface area contributed by atoms with Crippen LogP contribution in [0.4, 0.5) is 0 Å². The molecule has 0 unspecified atom stereocenters. The maximum Gasteiger partial charge on any atom is 0.303 e. The number of amides is 1. The van der Waals surface area contributed by atoms with Gasteiger partial charge in [-0.25, -0.2) is 0 Å². The number of aliphatic carboxylic acids is 1. The largest absolute Gasteiger partial charge is 0.481 e. The molecule has 0 aromatic heterocycles. The number of nitrogens with one attached hydrogen (secondary N) is 1. The summed E-state index contributed by atoms with van der Waals surface area (Å²) in [5.41, 5.74) is 0.746. The highest BCUT2D eigenvalue weighted by atomic mass is 79.9. The number of carbonyl (C=O) groups is 2. The van der Waals surface area contributed by atoms with Gasteiger partial charge in [-0.05, 0) is 43.4 Å². The van der Waals surface area contributed by atoms with Crippen molar-refractivity contribution in [3.05, 3.63) is 34.3 Å². The van der Waals surface area contributed by atoms with Gasteiger partial charge in [0.1, 0.15) is 0 Å². The molecule has 2 rings (SSSR count). The van der Waals surface area contributed by atoms with Crippen LogP contribution >= 0.6 is 15.9 Å². The third-order valence-electron chi connectivity index (χ3n) is 3.93. The zero-order chi connectivity index (χ0) is 15.3. The minimum Gasteiger partial charge on any atom is -0.481 e. The lowest BCUT2D eigenvalue weighted by Gasteiger charge is -2.16. The monoisotopic (exact) mass is 353 g/mol. The summed E-state index contributed by atoms with van der Waals surface area (Å²) in [5, 5.41) is 11.5. The lowest BCUT2D eigenvalue weighted by Crippen LogP contribution is -2.35. The highest BCUT2D eigenvalue weighted by molar-refractivity contribution is 9.10. The first-order valence-corrected chi connectivity index (χ1v) is 8.10. The summed E-state index contributed by atoms with van der Waals surface area (Å²) in [7, 11) is 0. The van der Waals surface area contributed by atoms with Crippen LogP contribution in [0.5, 0.6) is 0 Å². The zero-order valence-electron chi connectivity index (χ0n) is 11.9. The Morgan fingerprint density at radius 2 is 1.81 bits per heavy atom. The van der Waals surface area contributed by atoms with Crippen molar-refractivity contribution in [2.75, 3.05) is 6.54 Å². The summed E-state index contributed by atoms with van der Waals surface area (Å²) in [6.45, 7) is 0.622. The van der Waals surface area contributed by atoms with E-state index in [4.69, 9.17) is 5.11 Å².